The van der Waals surface area contributed by atoms with Gasteiger partial charge in [-0.2, -0.15) is 0 Å². The van der Waals surface area contributed by atoms with Crippen LogP contribution in [0, 0.1) is 0 Å². The van der Waals surface area contributed by atoms with Gasteiger partial charge >= 0.3 is 5.63 Å². The minimum atomic E-state index is -0.527. The van der Waals surface area contributed by atoms with Crippen molar-refractivity contribution in [1.82, 2.24) is 0 Å². The van der Waals surface area contributed by atoms with Crippen LogP contribution in [0.4, 0.5) is 0 Å². The van der Waals surface area contributed by atoms with E-state index in [0.29, 0.717) is 35.7 Å². The fourth-order valence-electron chi connectivity index (χ4n) is 3.69. The van der Waals surface area contributed by atoms with E-state index in [0.717, 1.165) is 25.7 Å². The molecule has 33 heavy (non-hydrogen) atoms. The molecular formula is C28H42O5. The third-order valence-electron chi connectivity index (χ3n) is 5.35. The van der Waals surface area contributed by atoms with Gasteiger partial charge in [0, 0.05) is 0 Å². The molecule has 0 saturated carbocycles. The molecular weight excluding hydrogens is 416 g/mol. The van der Waals surface area contributed by atoms with Crippen molar-refractivity contribution in [2.24, 2.45) is 0 Å². The van der Waals surface area contributed by atoms with Gasteiger partial charge < -0.3 is 18.6 Å². The van der Waals surface area contributed by atoms with E-state index in [2.05, 4.69) is 26.0 Å². The fraction of sp³-hybridized carbons (Fsp3) is 0.607. The molecule has 2 rings (SSSR count). The molecule has 0 amide bonds. The molecule has 0 atom stereocenters. The zero-order valence-electron chi connectivity index (χ0n) is 21.0. The Morgan fingerprint density at radius 3 is 2.27 bits per heavy atom. The van der Waals surface area contributed by atoms with Crippen LogP contribution in [0.1, 0.15) is 91.9 Å². The number of hydrogen-bond donors (Lipinski definition) is 0. The summed E-state index contributed by atoms with van der Waals surface area (Å²) >= 11 is 0. The summed E-state index contributed by atoms with van der Waals surface area (Å²) in [6.07, 6.45) is 15.6. The average molecular weight is 459 g/mol. The zero-order chi connectivity index (χ0) is 23.9. The number of benzene rings is 1. The fourth-order valence-corrected chi connectivity index (χ4v) is 3.69. The Morgan fingerprint density at radius 1 is 0.879 bits per heavy atom. The molecule has 1 aromatic carbocycles. The van der Waals surface area contributed by atoms with Gasteiger partial charge in [-0.05, 0) is 45.2 Å². The van der Waals surface area contributed by atoms with Gasteiger partial charge in [-0.25, -0.2) is 4.79 Å². The van der Waals surface area contributed by atoms with Crippen LogP contribution < -0.4 is 19.8 Å². The Balaban J connectivity index is 2.12. The van der Waals surface area contributed by atoms with E-state index in [9.17, 15) is 4.79 Å². The highest BCUT2D eigenvalue weighted by atomic mass is 16.5. The lowest BCUT2D eigenvalue weighted by Crippen LogP contribution is -2.13. The van der Waals surface area contributed by atoms with E-state index in [1.54, 1.807) is 6.07 Å². The predicted octanol–water partition coefficient (Wildman–Crippen LogP) is 7.83. The van der Waals surface area contributed by atoms with Crippen LogP contribution in [-0.4, -0.2) is 19.3 Å². The van der Waals surface area contributed by atoms with Crippen LogP contribution in [-0.2, 0) is 0 Å². The average Bonchev–Trinajstić information content (AvgIpc) is 2.79. The lowest BCUT2D eigenvalue weighted by atomic mass is 10.1. The summed E-state index contributed by atoms with van der Waals surface area (Å²) in [5, 5.41) is 0.693. The number of allylic oxidation sites excluding steroid dienone is 1. The van der Waals surface area contributed by atoms with Crippen LogP contribution in [0.3, 0.4) is 0 Å². The number of hydrogen-bond acceptors (Lipinski definition) is 5. The maximum Gasteiger partial charge on any atom is 0.383 e. The number of fused-ring (bicyclic) bond motifs is 1. The second kappa shape index (κ2) is 15.4. The maximum absolute atomic E-state index is 12.9. The van der Waals surface area contributed by atoms with Gasteiger partial charge in [0.25, 0.3) is 0 Å². The summed E-state index contributed by atoms with van der Waals surface area (Å²) in [5.74, 6) is 1.14. The van der Waals surface area contributed by atoms with Gasteiger partial charge in [0.2, 0.25) is 5.75 Å². The first-order valence-electron chi connectivity index (χ1n) is 12.8. The molecule has 0 spiro atoms. The molecule has 1 aromatic heterocycles. The summed E-state index contributed by atoms with van der Waals surface area (Å²) in [6.45, 7) is 9.14. The molecule has 2 aromatic rings. The van der Waals surface area contributed by atoms with E-state index in [1.807, 2.05) is 26.0 Å². The van der Waals surface area contributed by atoms with Gasteiger partial charge in [-0.15, -0.1) is 0 Å². The van der Waals surface area contributed by atoms with Gasteiger partial charge in [0.15, 0.2) is 17.1 Å². The first-order chi connectivity index (χ1) is 16.1. The lowest BCUT2D eigenvalue weighted by Gasteiger charge is -2.16. The molecule has 5 nitrogen and oxygen atoms in total. The highest BCUT2D eigenvalue weighted by Gasteiger charge is 2.20. The third kappa shape index (κ3) is 9.15. The van der Waals surface area contributed by atoms with Crippen molar-refractivity contribution in [1.29, 1.82) is 0 Å². The number of ether oxygens (including phenoxy) is 3. The quantitative estimate of drug-likeness (QED) is 0.137. The third-order valence-corrected chi connectivity index (χ3v) is 5.35. The topological polar surface area (TPSA) is 57.9 Å². The van der Waals surface area contributed by atoms with Gasteiger partial charge in [0.05, 0.1) is 24.7 Å². The number of rotatable bonds is 17. The standard InChI is InChI=1S/C28H42O5/c1-5-7-9-11-12-13-14-16-21-31-27-26(30-20-15-10-8-6-2)23-18-17-19-24(32-22(3)4)25(23)33-28(27)29/h8,10,17-19,22H,5-7,9,11-16,20-21H2,1-4H3/b10-8+. The Morgan fingerprint density at radius 2 is 1.58 bits per heavy atom. The van der Waals surface area contributed by atoms with Crippen molar-refractivity contribution in [3.63, 3.8) is 0 Å². The number of para-hydroxylation sites is 1. The van der Waals surface area contributed by atoms with E-state index in [4.69, 9.17) is 18.6 Å². The molecule has 0 N–H and O–H groups in total. The van der Waals surface area contributed by atoms with Crippen molar-refractivity contribution in [2.75, 3.05) is 13.2 Å². The smallest absolute Gasteiger partial charge is 0.383 e. The Bertz CT molecular complexity index is 897. The molecule has 0 aliphatic rings. The van der Waals surface area contributed by atoms with Crippen molar-refractivity contribution >= 4 is 11.0 Å². The summed E-state index contributed by atoms with van der Waals surface area (Å²) in [4.78, 5) is 12.9. The molecule has 184 valence electrons. The Kier molecular flexibility index (Phi) is 12.5. The predicted molar refractivity (Wildman–Crippen MR) is 136 cm³/mol. The second-order valence-corrected chi connectivity index (χ2v) is 8.69. The molecule has 0 unspecified atom stereocenters. The summed E-state index contributed by atoms with van der Waals surface area (Å²) in [5.41, 5.74) is -0.129. The van der Waals surface area contributed by atoms with Crippen LogP contribution in [0.25, 0.3) is 11.0 Å². The summed E-state index contributed by atoms with van der Waals surface area (Å²) in [6, 6.07) is 5.57. The molecule has 0 aliphatic heterocycles. The normalized spacial score (nSPS) is 11.5. The van der Waals surface area contributed by atoms with Crippen molar-refractivity contribution < 1.29 is 18.6 Å². The molecule has 1 heterocycles. The summed E-state index contributed by atoms with van der Waals surface area (Å²) < 4.78 is 23.5. The van der Waals surface area contributed by atoms with Crippen molar-refractivity contribution in [3.8, 4) is 17.2 Å². The zero-order valence-corrected chi connectivity index (χ0v) is 21.0. The minimum absolute atomic E-state index is 0.0395. The first-order valence-corrected chi connectivity index (χ1v) is 12.8. The first kappa shape index (κ1) is 26.8. The van der Waals surface area contributed by atoms with E-state index >= 15 is 0 Å². The molecule has 5 heteroatoms. The number of unbranched alkanes of at least 4 members (excludes halogenated alkanes) is 7. The molecule has 0 bridgehead atoms. The van der Waals surface area contributed by atoms with Gasteiger partial charge in [-0.1, -0.05) is 77.0 Å². The van der Waals surface area contributed by atoms with E-state index in [-0.39, 0.29) is 11.9 Å². The lowest BCUT2D eigenvalue weighted by molar-refractivity contribution is 0.238. The van der Waals surface area contributed by atoms with Gasteiger partial charge in [-0.3, -0.25) is 0 Å². The summed E-state index contributed by atoms with van der Waals surface area (Å²) in [7, 11) is 0. The van der Waals surface area contributed by atoms with Gasteiger partial charge in [0.1, 0.15) is 0 Å². The van der Waals surface area contributed by atoms with Crippen molar-refractivity contribution in [3.05, 3.63) is 40.8 Å². The second-order valence-electron chi connectivity index (χ2n) is 8.69. The minimum Gasteiger partial charge on any atom is -0.488 e. The van der Waals surface area contributed by atoms with Crippen LogP contribution in [0.15, 0.2) is 39.6 Å². The monoisotopic (exact) mass is 458 g/mol. The van der Waals surface area contributed by atoms with Crippen LogP contribution >= 0.6 is 0 Å². The van der Waals surface area contributed by atoms with Crippen LogP contribution in [0.2, 0.25) is 0 Å². The Labute approximate surface area is 199 Å². The largest absolute Gasteiger partial charge is 0.488 e. The molecule has 0 fully saturated rings. The van der Waals surface area contributed by atoms with Crippen molar-refractivity contribution in [2.45, 2.75) is 98.0 Å². The molecule has 0 saturated heterocycles. The van der Waals surface area contributed by atoms with E-state index in [1.165, 1.54) is 38.5 Å². The highest BCUT2D eigenvalue weighted by Crippen LogP contribution is 2.37. The maximum atomic E-state index is 12.9. The highest BCUT2D eigenvalue weighted by molar-refractivity contribution is 5.89. The van der Waals surface area contributed by atoms with E-state index < -0.39 is 5.63 Å². The molecule has 0 radical (unpaired) electrons. The van der Waals surface area contributed by atoms with Crippen LogP contribution in [0.5, 0.6) is 17.2 Å². The Hall–Kier alpha value is -2.43. The molecule has 0 aliphatic carbocycles. The SMILES string of the molecule is CC/C=C/CCOc1c(OCCCCCCCCCC)c(=O)oc2c(OC(C)C)cccc12.